The van der Waals surface area contributed by atoms with E-state index in [0.29, 0.717) is 22.2 Å². The van der Waals surface area contributed by atoms with Crippen molar-refractivity contribution in [3.8, 4) is 11.7 Å². The molecule has 0 spiro atoms. The minimum atomic E-state index is -1.06. The highest BCUT2D eigenvalue weighted by Crippen LogP contribution is 2.24. The summed E-state index contributed by atoms with van der Waals surface area (Å²) in [4.78, 5) is 14.8. The summed E-state index contributed by atoms with van der Waals surface area (Å²) >= 11 is 11.7. The Kier molecular flexibility index (Phi) is 4.46. The number of rotatable bonds is 5. The fraction of sp³-hybridized carbons (Fsp3) is 0.250. The lowest BCUT2D eigenvalue weighted by Gasteiger charge is -2.08. The number of carboxylic acid groups (broad SMARTS) is 1. The molecule has 1 heterocycles. The minimum absolute atomic E-state index is 0.00896. The zero-order valence-corrected chi connectivity index (χ0v) is 12.0. The maximum absolute atomic E-state index is 10.9. The van der Waals surface area contributed by atoms with Crippen LogP contribution in [-0.2, 0) is 4.79 Å². The highest BCUT2D eigenvalue weighted by atomic mass is 35.5. The number of carbonyl (C=O) groups is 1. The Morgan fingerprint density at radius 2 is 2.20 bits per heavy atom. The smallest absolute Gasteiger partial charge is 0.345 e. The molecule has 2 aromatic rings. The first-order valence-electron chi connectivity index (χ1n) is 5.77. The van der Waals surface area contributed by atoms with E-state index in [9.17, 15) is 4.79 Å². The number of halogens is 2. The number of ether oxygens (including phenoxy) is 1. The van der Waals surface area contributed by atoms with Crippen LogP contribution < -0.4 is 4.74 Å². The molecule has 0 aliphatic carbocycles. The molecule has 1 N–H and O–H groups in total. The lowest BCUT2D eigenvalue weighted by Crippen LogP contribution is -2.26. The summed E-state index contributed by atoms with van der Waals surface area (Å²) < 4.78 is 6.60. The number of aromatic nitrogens is 3. The first kappa shape index (κ1) is 14.6. The molecule has 1 aromatic carbocycles. The Balaban J connectivity index is 2.20. The Hall–Kier alpha value is -1.79. The fourth-order valence-electron chi connectivity index (χ4n) is 1.49. The van der Waals surface area contributed by atoms with Crippen molar-refractivity contribution >= 4 is 29.2 Å². The van der Waals surface area contributed by atoms with Crippen LogP contribution in [0.15, 0.2) is 24.5 Å². The zero-order chi connectivity index (χ0) is 14.7. The van der Waals surface area contributed by atoms with E-state index in [1.54, 1.807) is 25.1 Å². The Bertz CT molecular complexity index is 630. The molecule has 20 heavy (non-hydrogen) atoms. The molecule has 0 radical (unpaired) electrons. The number of hydrogen-bond donors (Lipinski definition) is 1. The molecule has 1 aromatic heterocycles. The molecule has 0 aliphatic heterocycles. The van der Waals surface area contributed by atoms with Crippen molar-refractivity contribution in [3.63, 3.8) is 0 Å². The van der Waals surface area contributed by atoms with Gasteiger partial charge >= 0.3 is 12.0 Å². The average molecular weight is 316 g/mol. The first-order chi connectivity index (χ1) is 9.51. The van der Waals surface area contributed by atoms with E-state index in [0.717, 1.165) is 0 Å². The average Bonchev–Trinajstić information content (AvgIpc) is 2.87. The Morgan fingerprint density at radius 1 is 1.45 bits per heavy atom. The van der Waals surface area contributed by atoms with Gasteiger partial charge in [0.25, 0.3) is 0 Å². The third kappa shape index (κ3) is 3.20. The van der Waals surface area contributed by atoms with Crippen LogP contribution in [0, 0.1) is 0 Å². The highest BCUT2D eigenvalue weighted by Gasteiger charge is 2.19. The van der Waals surface area contributed by atoms with Crippen molar-refractivity contribution < 1.29 is 14.6 Å². The summed E-state index contributed by atoms with van der Waals surface area (Å²) in [6.07, 6.45) is 0.750. The summed E-state index contributed by atoms with van der Waals surface area (Å²) in [7, 11) is 0. The monoisotopic (exact) mass is 315 g/mol. The van der Waals surface area contributed by atoms with Gasteiger partial charge in [0.15, 0.2) is 6.10 Å². The van der Waals surface area contributed by atoms with Crippen LogP contribution in [0.4, 0.5) is 0 Å². The van der Waals surface area contributed by atoms with Gasteiger partial charge in [-0.3, -0.25) is 0 Å². The molecule has 8 heteroatoms. The van der Waals surface area contributed by atoms with Gasteiger partial charge in [-0.05, 0) is 24.6 Å². The van der Waals surface area contributed by atoms with Crippen molar-refractivity contribution in [2.45, 2.75) is 19.4 Å². The molecule has 1 unspecified atom stereocenters. The van der Waals surface area contributed by atoms with Crippen molar-refractivity contribution in [2.24, 2.45) is 0 Å². The van der Waals surface area contributed by atoms with Gasteiger partial charge in [0.2, 0.25) is 0 Å². The Morgan fingerprint density at radius 3 is 2.80 bits per heavy atom. The number of nitrogens with zero attached hydrogens (tertiary/aromatic N) is 3. The van der Waals surface area contributed by atoms with Gasteiger partial charge in [-0.25, -0.2) is 9.48 Å². The molecular weight excluding hydrogens is 305 g/mol. The van der Waals surface area contributed by atoms with Crippen LogP contribution in [-0.4, -0.2) is 31.9 Å². The van der Waals surface area contributed by atoms with E-state index in [1.807, 2.05) is 0 Å². The second kappa shape index (κ2) is 6.11. The molecule has 0 fully saturated rings. The van der Waals surface area contributed by atoms with Crippen LogP contribution in [0.2, 0.25) is 10.0 Å². The highest BCUT2D eigenvalue weighted by molar-refractivity contribution is 6.42. The van der Waals surface area contributed by atoms with Gasteiger partial charge in [0.1, 0.15) is 6.33 Å². The van der Waals surface area contributed by atoms with Crippen LogP contribution in [0.25, 0.3) is 5.69 Å². The SMILES string of the molecule is CCC(Oc1ncn(-c2ccc(Cl)c(Cl)c2)n1)C(=O)O. The molecule has 106 valence electrons. The van der Waals surface area contributed by atoms with Crippen molar-refractivity contribution in [1.82, 2.24) is 14.8 Å². The summed E-state index contributed by atoms with van der Waals surface area (Å²) in [5, 5.41) is 13.8. The normalized spacial score (nSPS) is 12.2. The molecule has 6 nitrogen and oxygen atoms in total. The number of carboxylic acids is 1. The van der Waals surface area contributed by atoms with Gasteiger partial charge in [0, 0.05) is 0 Å². The first-order valence-corrected chi connectivity index (χ1v) is 6.53. The molecule has 0 amide bonds. The largest absolute Gasteiger partial charge is 0.479 e. The predicted octanol–water partition coefficient (Wildman–Crippen LogP) is 2.82. The van der Waals surface area contributed by atoms with Crippen molar-refractivity contribution in [1.29, 1.82) is 0 Å². The van der Waals surface area contributed by atoms with Crippen LogP contribution >= 0.6 is 23.2 Å². The van der Waals surface area contributed by atoms with Gasteiger partial charge < -0.3 is 9.84 Å². The van der Waals surface area contributed by atoms with Crippen molar-refractivity contribution in [3.05, 3.63) is 34.6 Å². The van der Waals surface area contributed by atoms with Crippen LogP contribution in [0.5, 0.6) is 6.01 Å². The lowest BCUT2D eigenvalue weighted by atomic mass is 10.3. The molecular formula is C12H11Cl2N3O3. The maximum atomic E-state index is 10.9. The van der Waals surface area contributed by atoms with Crippen LogP contribution in [0.3, 0.4) is 0 Å². The number of aliphatic carboxylic acids is 1. The van der Waals surface area contributed by atoms with E-state index < -0.39 is 12.1 Å². The number of hydrogen-bond acceptors (Lipinski definition) is 4. The van der Waals surface area contributed by atoms with Gasteiger partial charge in [-0.1, -0.05) is 30.1 Å². The van der Waals surface area contributed by atoms with E-state index in [2.05, 4.69) is 10.1 Å². The van der Waals surface area contributed by atoms with Gasteiger partial charge in [0.05, 0.1) is 15.7 Å². The second-order valence-corrected chi connectivity index (χ2v) is 4.74. The second-order valence-electron chi connectivity index (χ2n) is 3.92. The molecule has 0 bridgehead atoms. The summed E-state index contributed by atoms with van der Waals surface area (Å²) in [6, 6.07) is 4.95. The van der Waals surface area contributed by atoms with Gasteiger partial charge in [-0.2, -0.15) is 4.98 Å². The van der Waals surface area contributed by atoms with Crippen LogP contribution in [0.1, 0.15) is 13.3 Å². The molecule has 0 aliphatic rings. The predicted molar refractivity (Wildman–Crippen MR) is 73.7 cm³/mol. The van der Waals surface area contributed by atoms with E-state index >= 15 is 0 Å². The minimum Gasteiger partial charge on any atom is -0.479 e. The third-order valence-electron chi connectivity index (χ3n) is 2.53. The number of benzene rings is 1. The lowest BCUT2D eigenvalue weighted by molar-refractivity contribution is -0.145. The van der Waals surface area contributed by atoms with E-state index in [1.165, 1.54) is 11.0 Å². The third-order valence-corrected chi connectivity index (χ3v) is 3.27. The van der Waals surface area contributed by atoms with E-state index in [-0.39, 0.29) is 6.01 Å². The molecule has 0 saturated heterocycles. The molecule has 1 atom stereocenters. The Labute approximate surface area is 124 Å². The molecule has 0 saturated carbocycles. The topological polar surface area (TPSA) is 77.2 Å². The quantitative estimate of drug-likeness (QED) is 0.918. The molecule has 2 rings (SSSR count). The maximum Gasteiger partial charge on any atom is 0.345 e. The van der Waals surface area contributed by atoms with Crippen molar-refractivity contribution in [2.75, 3.05) is 0 Å². The fourth-order valence-corrected chi connectivity index (χ4v) is 1.78. The van der Waals surface area contributed by atoms with Gasteiger partial charge in [-0.15, -0.1) is 5.10 Å². The van der Waals surface area contributed by atoms with E-state index in [4.69, 9.17) is 33.0 Å². The summed E-state index contributed by atoms with van der Waals surface area (Å²) in [6.45, 7) is 1.70. The standard InChI is InChI=1S/C12H11Cl2N3O3/c1-2-10(11(18)19)20-12-15-6-17(16-12)7-3-4-8(13)9(14)5-7/h3-6,10H,2H2,1H3,(H,18,19). The summed E-state index contributed by atoms with van der Waals surface area (Å²) in [5.74, 6) is -1.06. The zero-order valence-electron chi connectivity index (χ0n) is 10.5. The summed E-state index contributed by atoms with van der Waals surface area (Å²) in [5.41, 5.74) is 0.644.